The molecule has 1 aromatic heterocycles. The van der Waals surface area contributed by atoms with E-state index in [0.29, 0.717) is 29.7 Å². The van der Waals surface area contributed by atoms with E-state index >= 15 is 0 Å². The van der Waals surface area contributed by atoms with Crippen LogP contribution in [0.25, 0.3) is 0 Å². The van der Waals surface area contributed by atoms with Crippen LogP contribution in [0.4, 0.5) is 5.95 Å². The minimum absolute atomic E-state index is 0.0976. The van der Waals surface area contributed by atoms with E-state index in [0.717, 1.165) is 49.8 Å². The van der Waals surface area contributed by atoms with Crippen molar-refractivity contribution < 1.29 is 10.2 Å². The predicted octanol–water partition coefficient (Wildman–Crippen LogP) is 3.35. The van der Waals surface area contributed by atoms with E-state index in [1.54, 1.807) is 0 Å². The van der Waals surface area contributed by atoms with Gasteiger partial charge in [0.2, 0.25) is 5.95 Å². The zero-order chi connectivity index (χ0) is 23.4. The summed E-state index contributed by atoms with van der Waals surface area (Å²) in [6.45, 7) is 8.90. The quantitative estimate of drug-likeness (QED) is 0.732. The zero-order valence-corrected chi connectivity index (χ0v) is 20.5. The number of nitrogens with zero attached hydrogens (tertiary/aromatic N) is 4. The average molecular weight is 461 g/mol. The van der Waals surface area contributed by atoms with Crippen LogP contribution in [0, 0.1) is 31.1 Å². The number of aliphatic hydroxyl groups is 1. The molecule has 7 rings (SSSR count). The number of piperidine rings is 1. The minimum Gasteiger partial charge on any atom is -0.508 e. The molecule has 2 N–H and O–H groups in total. The van der Waals surface area contributed by atoms with Crippen LogP contribution < -0.4 is 4.90 Å². The number of aryl methyl sites for hydroxylation is 2. The molecule has 2 aromatic rings. The lowest BCUT2D eigenvalue weighted by atomic mass is 9.43. The molecule has 1 aromatic carbocycles. The second-order valence-electron chi connectivity index (χ2n) is 12.0. The summed E-state index contributed by atoms with van der Waals surface area (Å²) < 4.78 is 0. The van der Waals surface area contributed by atoms with Crippen molar-refractivity contribution >= 4 is 5.95 Å². The molecular formula is C28H36N4O2. The van der Waals surface area contributed by atoms with E-state index in [9.17, 15) is 10.2 Å². The molecule has 0 amide bonds. The van der Waals surface area contributed by atoms with Gasteiger partial charge in [-0.2, -0.15) is 0 Å². The first-order chi connectivity index (χ1) is 16.3. The van der Waals surface area contributed by atoms with Crippen molar-refractivity contribution in [2.45, 2.75) is 76.5 Å². The Morgan fingerprint density at radius 2 is 1.94 bits per heavy atom. The maximum absolute atomic E-state index is 10.6. The number of rotatable bonds is 3. The summed E-state index contributed by atoms with van der Waals surface area (Å²) in [5.74, 6) is 2.51. The molecule has 4 bridgehead atoms. The number of likely N-dealkylation sites (tertiary alicyclic amines) is 1. The highest BCUT2D eigenvalue weighted by molar-refractivity contribution is 5.53. The van der Waals surface area contributed by atoms with Crippen LogP contribution in [-0.4, -0.2) is 62.9 Å². The Kier molecular flexibility index (Phi) is 4.32. The summed E-state index contributed by atoms with van der Waals surface area (Å²) in [4.78, 5) is 14.9. The van der Waals surface area contributed by atoms with Crippen LogP contribution in [0.15, 0.2) is 24.3 Å². The highest BCUT2D eigenvalue weighted by Gasteiger charge is 2.76. The highest BCUT2D eigenvalue weighted by atomic mass is 16.3. The summed E-state index contributed by atoms with van der Waals surface area (Å²) in [7, 11) is 0. The fourth-order valence-corrected chi connectivity index (χ4v) is 9.72. The number of anilines is 1. The Morgan fingerprint density at radius 1 is 1.15 bits per heavy atom. The van der Waals surface area contributed by atoms with E-state index in [1.807, 2.05) is 13.0 Å². The number of benzene rings is 1. The fourth-order valence-electron chi connectivity index (χ4n) is 9.72. The first-order valence-corrected chi connectivity index (χ1v) is 13.2. The molecule has 2 aliphatic heterocycles. The third-order valence-corrected chi connectivity index (χ3v) is 10.3. The molecule has 7 atom stereocenters. The lowest BCUT2D eigenvalue weighted by Crippen LogP contribution is -2.70. The largest absolute Gasteiger partial charge is 0.508 e. The number of hydrogen-bond acceptors (Lipinski definition) is 6. The Bertz CT molecular complexity index is 1150. The third-order valence-electron chi connectivity index (χ3n) is 10.3. The second kappa shape index (κ2) is 6.94. The van der Waals surface area contributed by atoms with Gasteiger partial charge in [0.1, 0.15) is 5.75 Å². The third kappa shape index (κ3) is 2.54. The standard InChI is InChI=1S/C28H36N4O2/c1-16-10-17(2)30-26(29-16)32-15-20-13-27-7-6-23(32)25(20)28(27)8-9-31(14-18(3)33)24(27)11-19-4-5-21(34)12-22(19)28/h4-5,10,12,18,20,23-25,33-34H,6-9,11,13-15H2,1-3H3/t18-,20+,23?,24?,25?,27?,28?/m0/s1. The molecule has 6 heteroatoms. The summed E-state index contributed by atoms with van der Waals surface area (Å²) in [5.41, 5.74) is 5.27. The number of phenols is 1. The van der Waals surface area contributed by atoms with E-state index in [4.69, 9.17) is 9.97 Å². The first kappa shape index (κ1) is 21.1. The van der Waals surface area contributed by atoms with Crippen LogP contribution in [-0.2, 0) is 11.8 Å². The maximum atomic E-state index is 10.6. The molecule has 5 unspecified atom stereocenters. The van der Waals surface area contributed by atoms with Gasteiger partial charge < -0.3 is 15.1 Å². The highest BCUT2D eigenvalue weighted by Crippen LogP contribution is 2.75. The molecule has 2 saturated carbocycles. The Labute approximate surface area is 202 Å². The van der Waals surface area contributed by atoms with Crippen LogP contribution in [0.3, 0.4) is 0 Å². The molecule has 3 aliphatic carbocycles. The number of aromatic hydroxyl groups is 1. The van der Waals surface area contributed by atoms with Gasteiger partial charge in [0.05, 0.1) is 6.10 Å². The summed E-state index contributed by atoms with van der Waals surface area (Å²) in [5, 5.41) is 20.9. The number of phenolic OH excluding ortho intramolecular Hbond substituents is 1. The molecule has 2 saturated heterocycles. The van der Waals surface area contributed by atoms with Gasteiger partial charge in [-0.1, -0.05) is 6.07 Å². The topological polar surface area (TPSA) is 72.7 Å². The summed E-state index contributed by atoms with van der Waals surface area (Å²) >= 11 is 0. The van der Waals surface area contributed by atoms with Gasteiger partial charge in [0.15, 0.2) is 0 Å². The predicted molar refractivity (Wildman–Crippen MR) is 131 cm³/mol. The first-order valence-electron chi connectivity index (χ1n) is 13.2. The molecule has 3 heterocycles. The lowest BCUT2D eigenvalue weighted by Gasteiger charge is -2.66. The molecule has 0 radical (unpaired) electrons. The van der Waals surface area contributed by atoms with E-state index < -0.39 is 0 Å². The van der Waals surface area contributed by atoms with Gasteiger partial charge in [-0.25, -0.2) is 9.97 Å². The molecule has 4 fully saturated rings. The van der Waals surface area contributed by atoms with E-state index in [-0.39, 0.29) is 16.9 Å². The van der Waals surface area contributed by atoms with Crippen molar-refractivity contribution in [3.63, 3.8) is 0 Å². The van der Waals surface area contributed by atoms with Crippen LogP contribution in [0.1, 0.15) is 55.1 Å². The maximum Gasteiger partial charge on any atom is 0.226 e. The number of aliphatic hydroxyl groups excluding tert-OH is 1. The smallest absolute Gasteiger partial charge is 0.226 e. The van der Waals surface area contributed by atoms with Crippen LogP contribution in [0.2, 0.25) is 0 Å². The van der Waals surface area contributed by atoms with Crippen molar-refractivity contribution in [1.29, 1.82) is 0 Å². The molecule has 6 nitrogen and oxygen atoms in total. The van der Waals surface area contributed by atoms with Crippen molar-refractivity contribution in [1.82, 2.24) is 14.9 Å². The van der Waals surface area contributed by atoms with Crippen molar-refractivity contribution in [2.24, 2.45) is 17.3 Å². The zero-order valence-electron chi connectivity index (χ0n) is 20.5. The van der Waals surface area contributed by atoms with E-state index in [2.05, 4.69) is 41.8 Å². The molecule has 0 spiro atoms. The van der Waals surface area contributed by atoms with Gasteiger partial charge in [-0.05, 0) is 106 Å². The number of hydrogen-bond donors (Lipinski definition) is 2. The fraction of sp³-hybridized carbons (Fsp3) is 0.643. The average Bonchev–Trinajstić information content (AvgIpc) is 3.21. The molecule has 5 aliphatic rings. The molecular weight excluding hydrogens is 424 g/mol. The van der Waals surface area contributed by atoms with Crippen molar-refractivity contribution in [3.05, 3.63) is 46.8 Å². The number of β-amino-alcohol motifs (C(OH)–C–C–N with tert-alkyl or cyclic N) is 1. The monoisotopic (exact) mass is 460 g/mol. The van der Waals surface area contributed by atoms with Gasteiger partial charge in [0.25, 0.3) is 0 Å². The minimum atomic E-state index is -0.306. The normalized spacial score (nSPS) is 38.5. The summed E-state index contributed by atoms with van der Waals surface area (Å²) in [6.07, 6.45) is 5.49. The molecule has 34 heavy (non-hydrogen) atoms. The summed E-state index contributed by atoms with van der Waals surface area (Å²) in [6, 6.07) is 9.17. The molecule has 180 valence electrons. The Hall–Kier alpha value is -2.18. The van der Waals surface area contributed by atoms with Gasteiger partial charge >= 0.3 is 0 Å². The van der Waals surface area contributed by atoms with Crippen LogP contribution >= 0.6 is 0 Å². The van der Waals surface area contributed by atoms with Crippen LogP contribution in [0.5, 0.6) is 5.75 Å². The Morgan fingerprint density at radius 3 is 2.71 bits per heavy atom. The number of aromatic nitrogens is 2. The van der Waals surface area contributed by atoms with Gasteiger partial charge in [0, 0.05) is 42.0 Å². The van der Waals surface area contributed by atoms with Gasteiger partial charge in [-0.15, -0.1) is 0 Å². The number of fused-ring (bicyclic) bond motifs is 1. The Balaban J connectivity index is 1.38. The second-order valence-corrected chi connectivity index (χ2v) is 12.0. The van der Waals surface area contributed by atoms with Crippen molar-refractivity contribution in [3.8, 4) is 5.75 Å². The SMILES string of the molecule is Cc1cc(C)nc(N2C[C@H]3CC45CCC2C3C42CCN(C[C@H](C)O)C5Cc3ccc(O)cc32)n1. The van der Waals surface area contributed by atoms with Gasteiger partial charge in [-0.3, -0.25) is 4.90 Å². The van der Waals surface area contributed by atoms with Crippen molar-refractivity contribution in [2.75, 3.05) is 24.5 Å². The lowest BCUT2D eigenvalue weighted by molar-refractivity contribution is -0.0989. The van der Waals surface area contributed by atoms with E-state index in [1.165, 1.54) is 30.4 Å².